The number of likely N-dealkylation sites (tertiary alicyclic amines) is 1. The minimum absolute atomic E-state index is 0.210. The first-order chi connectivity index (χ1) is 8.08. The van der Waals surface area contributed by atoms with E-state index in [1.54, 1.807) is 18.7 Å². The van der Waals surface area contributed by atoms with Crippen molar-refractivity contribution in [2.45, 2.75) is 32.8 Å². The van der Waals surface area contributed by atoms with Crippen molar-refractivity contribution in [1.29, 1.82) is 0 Å². The molecule has 0 saturated carbocycles. The molecule has 1 fully saturated rings. The van der Waals surface area contributed by atoms with E-state index in [1.807, 2.05) is 0 Å². The van der Waals surface area contributed by atoms with Crippen LogP contribution in [0.3, 0.4) is 0 Å². The number of hydrogen-bond donors (Lipinski definition) is 2. The van der Waals surface area contributed by atoms with Crippen LogP contribution in [0.2, 0.25) is 0 Å². The molecular formula is C11H17N3O3. The number of anilines is 1. The number of hydrogen-bond acceptors (Lipinski definition) is 4. The van der Waals surface area contributed by atoms with Gasteiger partial charge in [-0.25, -0.2) is 4.79 Å². The lowest BCUT2D eigenvalue weighted by atomic mass is 10.1. The van der Waals surface area contributed by atoms with Crippen LogP contribution in [0, 0.1) is 13.8 Å². The fourth-order valence-electron chi connectivity index (χ4n) is 1.99. The number of carbonyl (C=O) groups excluding carboxylic acids is 1. The maximum absolute atomic E-state index is 11.9. The number of β-amino-alcohol motifs (C(OH)–C–C–N with tert-alkyl or cyclic N) is 1. The predicted molar refractivity (Wildman–Crippen MR) is 61.8 cm³/mol. The molecule has 0 aliphatic carbocycles. The van der Waals surface area contributed by atoms with Gasteiger partial charge in [0.15, 0.2) is 5.76 Å². The Morgan fingerprint density at radius 2 is 2.35 bits per heavy atom. The molecular weight excluding hydrogens is 222 g/mol. The van der Waals surface area contributed by atoms with Gasteiger partial charge in [0.1, 0.15) is 11.4 Å². The molecule has 1 aromatic heterocycles. The molecule has 2 heterocycles. The third kappa shape index (κ3) is 2.58. The zero-order valence-corrected chi connectivity index (χ0v) is 10.1. The Bertz CT molecular complexity index is 397. The third-order valence-electron chi connectivity index (χ3n) is 2.95. The van der Waals surface area contributed by atoms with Gasteiger partial charge in [-0.1, -0.05) is 5.16 Å². The highest BCUT2D eigenvalue weighted by Gasteiger charge is 2.23. The molecule has 1 atom stereocenters. The van der Waals surface area contributed by atoms with Crippen LogP contribution in [0.4, 0.5) is 10.5 Å². The van der Waals surface area contributed by atoms with Crippen molar-refractivity contribution in [1.82, 2.24) is 10.1 Å². The van der Waals surface area contributed by atoms with E-state index in [-0.39, 0.29) is 6.03 Å². The number of aliphatic hydroxyl groups excluding tert-OH is 1. The van der Waals surface area contributed by atoms with Crippen molar-refractivity contribution in [3.8, 4) is 0 Å². The summed E-state index contributed by atoms with van der Waals surface area (Å²) in [4.78, 5) is 13.6. The second kappa shape index (κ2) is 4.75. The van der Waals surface area contributed by atoms with Crippen molar-refractivity contribution in [3.63, 3.8) is 0 Å². The SMILES string of the molecule is Cc1noc(C)c1NC(=O)N1CCCC(O)C1. The maximum Gasteiger partial charge on any atom is 0.322 e. The molecule has 2 rings (SSSR count). The molecule has 0 radical (unpaired) electrons. The van der Waals surface area contributed by atoms with Crippen molar-refractivity contribution < 1.29 is 14.4 Å². The van der Waals surface area contributed by atoms with Crippen LogP contribution in [-0.2, 0) is 0 Å². The molecule has 2 amide bonds. The van der Waals surface area contributed by atoms with Gasteiger partial charge in [-0.3, -0.25) is 0 Å². The fourth-order valence-corrected chi connectivity index (χ4v) is 1.99. The number of amides is 2. The lowest BCUT2D eigenvalue weighted by Gasteiger charge is -2.30. The number of aryl methyl sites for hydroxylation is 2. The summed E-state index contributed by atoms with van der Waals surface area (Å²) in [5, 5.41) is 16.1. The number of carbonyl (C=O) groups is 1. The van der Waals surface area contributed by atoms with Gasteiger partial charge in [0.2, 0.25) is 0 Å². The highest BCUT2D eigenvalue weighted by atomic mass is 16.5. The highest BCUT2D eigenvalue weighted by molar-refractivity contribution is 5.90. The van der Waals surface area contributed by atoms with Gasteiger partial charge < -0.3 is 19.8 Å². The first kappa shape index (κ1) is 11.9. The molecule has 1 aliphatic heterocycles. The van der Waals surface area contributed by atoms with Crippen molar-refractivity contribution >= 4 is 11.7 Å². The van der Waals surface area contributed by atoms with Crippen LogP contribution >= 0.6 is 0 Å². The molecule has 1 aromatic rings. The Morgan fingerprint density at radius 3 is 2.94 bits per heavy atom. The molecule has 94 valence electrons. The molecule has 17 heavy (non-hydrogen) atoms. The summed E-state index contributed by atoms with van der Waals surface area (Å²) in [5.41, 5.74) is 1.28. The molecule has 1 saturated heterocycles. The first-order valence-electron chi connectivity index (χ1n) is 5.75. The van der Waals surface area contributed by atoms with Crippen LogP contribution < -0.4 is 5.32 Å². The topological polar surface area (TPSA) is 78.6 Å². The second-order valence-electron chi connectivity index (χ2n) is 4.37. The Labute approximate surface area is 99.6 Å². The van der Waals surface area contributed by atoms with Crippen LogP contribution in [0.1, 0.15) is 24.3 Å². The van der Waals surface area contributed by atoms with E-state index in [0.29, 0.717) is 30.2 Å². The van der Waals surface area contributed by atoms with Gasteiger partial charge in [0, 0.05) is 13.1 Å². The Morgan fingerprint density at radius 1 is 1.59 bits per heavy atom. The van der Waals surface area contributed by atoms with Crippen molar-refractivity contribution in [2.24, 2.45) is 0 Å². The highest BCUT2D eigenvalue weighted by Crippen LogP contribution is 2.20. The quantitative estimate of drug-likeness (QED) is 0.773. The number of aliphatic hydroxyl groups is 1. The molecule has 0 aromatic carbocycles. The summed E-state index contributed by atoms with van der Waals surface area (Å²) < 4.78 is 4.97. The van der Waals surface area contributed by atoms with Gasteiger partial charge in [-0.2, -0.15) is 0 Å². The predicted octanol–water partition coefficient (Wildman–Crippen LogP) is 1.28. The van der Waals surface area contributed by atoms with E-state index >= 15 is 0 Å². The zero-order valence-electron chi connectivity index (χ0n) is 10.1. The van der Waals surface area contributed by atoms with Crippen LogP contribution in [-0.4, -0.2) is 40.4 Å². The van der Waals surface area contributed by atoms with Gasteiger partial charge in [-0.05, 0) is 26.7 Å². The van der Waals surface area contributed by atoms with E-state index in [9.17, 15) is 9.90 Å². The third-order valence-corrected chi connectivity index (χ3v) is 2.95. The zero-order chi connectivity index (χ0) is 12.4. The van der Waals surface area contributed by atoms with E-state index in [4.69, 9.17) is 4.52 Å². The maximum atomic E-state index is 11.9. The Balaban J connectivity index is 2.01. The van der Waals surface area contributed by atoms with Gasteiger partial charge >= 0.3 is 6.03 Å². The fraction of sp³-hybridized carbons (Fsp3) is 0.636. The molecule has 0 spiro atoms. The number of piperidine rings is 1. The van der Waals surface area contributed by atoms with Gasteiger partial charge in [-0.15, -0.1) is 0 Å². The summed E-state index contributed by atoms with van der Waals surface area (Å²) in [7, 11) is 0. The summed E-state index contributed by atoms with van der Waals surface area (Å²) in [6.45, 7) is 4.58. The van der Waals surface area contributed by atoms with Crippen molar-refractivity contribution in [3.05, 3.63) is 11.5 Å². The first-order valence-corrected chi connectivity index (χ1v) is 5.75. The normalized spacial score (nSPS) is 20.4. The molecule has 1 unspecified atom stereocenters. The van der Waals surface area contributed by atoms with Crippen LogP contribution in [0.15, 0.2) is 4.52 Å². The molecule has 6 nitrogen and oxygen atoms in total. The minimum atomic E-state index is -0.417. The van der Waals surface area contributed by atoms with E-state index in [2.05, 4.69) is 10.5 Å². The van der Waals surface area contributed by atoms with E-state index in [0.717, 1.165) is 12.8 Å². The molecule has 6 heteroatoms. The number of rotatable bonds is 1. The molecule has 1 aliphatic rings. The van der Waals surface area contributed by atoms with Crippen LogP contribution in [0.25, 0.3) is 0 Å². The van der Waals surface area contributed by atoms with E-state index < -0.39 is 6.10 Å². The Hall–Kier alpha value is -1.56. The average molecular weight is 239 g/mol. The Kier molecular flexibility index (Phi) is 3.33. The lowest BCUT2D eigenvalue weighted by Crippen LogP contribution is -2.44. The second-order valence-corrected chi connectivity index (χ2v) is 4.37. The summed E-state index contributed by atoms with van der Waals surface area (Å²) in [6.07, 6.45) is 1.17. The van der Waals surface area contributed by atoms with Crippen molar-refractivity contribution in [2.75, 3.05) is 18.4 Å². The van der Waals surface area contributed by atoms with Crippen LogP contribution in [0.5, 0.6) is 0 Å². The number of aromatic nitrogens is 1. The largest absolute Gasteiger partial charge is 0.391 e. The number of nitrogens with one attached hydrogen (secondary N) is 1. The minimum Gasteiger partial charge on any atom is -0.391 e. The number of nitrogens with zero attached hydrogens (tertiary/aromatic N) is 2. The lowest BCUT2D eigenvalue weighted by molar-refractivity contribution is 0.0883. The summed E-state index contributed by atoms with van der Waals surface area (Å²) in [5.74, 6) is 0.591. The van der Waals surface area contributed by atoms with Gasteiger partial charge in [0.05, 0.1) is 6.10 Å². The standard InChI is InChI=1S/C11H17N3O3/c1-7-10(8(2)17-13-7)12-11(16)14-5-3-4-9(15)6-14/h9,15H,3-6H2,1-2H3,(H,12,16). The molecule has 2 N–H and O–H groups in total. The summed E-state index contributed by atoms with van der Waals surface area (Å²) >= 11 is 0. The van der Waals surface area contributed by atoms with Gasteiger partial charge in [0.25, 0.3) is 0 Å². The van der Waals surface area contributed by atoms with E-state index in [1.165, 1.54) is 0 Å². The molecule has 0 bridgehead atoms. The monoisotopic (exact) mass is 239 g/mol. The summed E-state index contributed by atoms with van der Waals surface area (Å²) in [6, 6.07) is -0.210. The number of urea groups is 1. The smallest absolute Gasteiger partial charge is 0.322 e. The average Bonchev–Trinajstić information content (AvgIpc) is 2.61.